The van der Waals surface area contributed by atoms with Gasteiger partial charge in [0, 0.05) is 0 Å². The minimum absolute atomic E-state index is 0.302. The van der Waals surface area contributed by atoms with Crippen LogP contribution in [0.1, 0.15) is 0 Å². The molecule has 0 saturated heterocycles. The molecule has 0 saturated carbocycles. The first-order valence-electron chi connectivity index (χ1n) is 3.00. The molecule has 0 aliphatic rings. The van der Waals surface area contributed by atoms with Gasteiger partial charge in [-0.2, -0.15) is 0 Å². The van der Waals surface area contributed by atoms with Gasteiger partial charge in [-0.05, 0) is 0 Å². The Hall–Kier alpha value is 0.197. The highest BCUT2D eigenvalue weighted by molar-refractivity contribution is 7.39. The third-order valence-electron chi connectivity index (χ3n) is 0.738. The molecular formula is C6H10Cl2O2Si. The van der Waals surface area contributed by atoms with E-state index < -0.39 is 7.18 Å². The second-order valence-corrected chi connectivity index (χ2v) is 6.73. The van der Waals surface area contributed by atoms with E-state index in [1.807, 2.05) is 0 Å². The topological polar surface area (TPSA) is 18.5 Å². The molecule has 0 N–H and O–H groups in total. The molecule has 0 aromatic heterocycles. The van der Waals surface area contributed by atoms with Gasteiger partial charge in [-0.3, -0.25) is 0 Å². The van der Waals surface area contributed by atoms with E-state index >= 15 is 0 Å². The molecule has 5 heteroatoms. The van der Waals surface area contributed by atoms with E-state index in [0.29, 0.717) is 13.2 Å². The van der Waals surface area contributed by atoms with Crippen LogP contribution in [0, 0.1) is 0 Å². The highest BCUT2D eigenvalue weighted by atomic mass is 35.7. The summed E-state index contributed by atoms with van der Waals surface area (Å²) in [5.41, 5.74) is 0. The Labute approximate surface area is 77.1 Å². The Kier molecular flexibility index (Phi) is 5.90. The lowest BCUT2D eigenvalue weighted by Gasteiger charge is -2.14. The maximum absolute atomic E-state index is 5.66. The molecule has 0 aliphatic carbocycles. The van der Waals surface area contributed by atoms with Crippen LogP contribution in [0.2, 0.25) is 0 Å². The summed E-state index contributed by atoms with van der Waals surface area (Å²) < 4.78 is 9.92. The van der Waals surface area contributed by atoms with Crippen molar-refractivity contribution in [3.05, 3.63) is 25.3 Å². The molecule has 0 aliphatic heterocycles. The third kappa shape index (κ3) is 6.59. The highest BCUT2D eigenvalue weighted by Crippen LogP contribution is 2.17. The molecule has 0 fully saturated rings. The van der Waals surface area contributed by atoms with Gasteiger partial charge in [0.25, 0.3) is 0 Å². The van der Waals surface area contributed by atoms with Crippen LogP contribution in [0.15, 0.2) is 25.3 Å². The van der Waals surface area contributed by atoms with E-state index in [9.17, 15) is 0 Å². The van der Waals surface area contributed by atoms with Gasteiger partial charge in [0.2, 0.25) is 0 Å². The summed E-state index contributed by atoms with van der Waals surface area (Å²) >= 11 is 11.3. The molecule has 0 radical (unpaired) electrons. The molecule has 0 rings (SSSR count). The van der Waals surface area contributed by atoms with Gasteiger partial charge in [0.15, 0.2) is 0 Å². The lowest BCUT2D eigenvalue weighted by atomic mass is 10.7. The largest absolute Gasteiger partial charge is 0.551 e. The number of hydrogen-bond donors (Lipinski definition) is 0. The second kappa shape index (κ2) is 5.80. The predicted octanol–water partition coefficient (Wildman–Crippen LogP) is 2.30. The monoisotopic (exact) mass is 212 g/mol. The van der Waals surface area contributed by atoms with Crippen LogP contribution in [0.5, 0.6) is 0 Å². The standard InChI is InChI=1S/C6H10Cl2O2Si/c1-3-5-9-11(7,8)10-6-4-2/h3-4H,1-2,5-6H2. The van der Waals surface area contributed by atoms with Crippen LogP contribution in [-0.2, 0) is 8.85 Å². The first-order valence-corrected chi connectivity index (χ1v) is 6.84. The number of halogens is 2. The van der Waals surface area contributed by atoms with E-state index in [4.69, 9.17) is 31.0 Å². The Morgan fingerprint density at radius 3 is 1.73 bits per heavy atom. The Balaban J connectivity index is 3.59. The molecule has 0 spiro atoms. The van der Waals surface area contributed by atoms with E-state index in [2.05, 4.69) is 13.2 Å². The summed E-state index contributed by atoms with van der Waals surface area (Å²) in [5.74, 6) is 0. The van der Waals surface area contributed by atoms with Crippen molar-refractivity contribution in [3.63, 3.8) is 0 Å². The van der Waals surface area contributed by atoms with E-state index in [1.165, 1.54) is 0 Å². The average Bonchev–Trinajstić information content (AvgIpc) is 1.97. The molecule has 64 valence electrons. The Morgan fingerprint density at radius 1 is 1.09 bits per heavy atom. The maximum atomic E-state index is 5.66. The van der Waals surface area contributed by atoms with E-state index in [-0.39, 0.29) is 0 Å². The van der Waals surface area contributed by atoms with Crippen molar-refractivity contribution in [1.82, 2.24) is 0 Å². The van der Waals surface area contributed by atoms with Crippen LogP contribution in [0.25, 0.3) is 0 Å². The molecular weight excluding hydrogens is 203 g/mol. The van der Waals surface area contributed by atoms with Gasteiger partial charge in [0.05, 0.1) is 13.2 Å². The summed E-state index contributed by atoms with van der Waals surface area (Å²) in [5, 5.41) is 0. The lowest BCUT2D eigenvalue weighted by Crippen LogP contribution is -2.29. The van der Waals surface area contributed by atoms with Crippen molar-refractivity contribution in [3.8, 4) is 0 Å². The molecule has 0 heterocycles. The normalized spacial score (nSPS) is 11.1. The molecule has 0 amide bonds. The van der Waals surface area contributed by atoms with Gasteiger partial charge in [-0.1, -0.05) is 34.3 Å². The van der Waals surface area contributed by atoms with Gasteiger partial charge in [-0.25, -0.2) is 0 Å². The summed E-state index contributed by atoms with van der Waals surface area (Å²) in [6.07, 6.45) is 3.12. The first-order chi connectivity index (χ1) is 5.12. The zero-order chi connectivity index (χ0) is 8.74. The van der Waals surface area contributed by atoms with Gasteiger partial charge in [0.1, 0.15) is 0 Å². The summed E-state index contributed by atoms with van der Waals surface area (Å²) in [7, 11) is -2.94. The molecule has 11 heavy (non-hydrogen) atoms. The molecule has 0 unspecified atom stereocenters. The van der Waals surface area contributed by atoms with Crippen LogP contribution >= 0.6 is 22.2 Å². The van der Waals surface area contributed by atoms with Gasteiger partial charge in [-0.15, -0.1) is 13.2 Å². The average molecular weight is 213 g/mol. The fraction of sp³-hybridized carbons (Fsp3) is 0.333. The van der Waals surface area contributed by atoms with Crippen molar-refractivity contribution < 1.29 is 8.85 Å². The van der Waals surface area contributed by atoms with Crippen molar-refractivity contribution in [1.29, 1.82) is 0 Å². The van der Waals surface area contributed by atoms with Crippen LogP contribution in [0.4, 0.5) is 0 Å². The zero-order valence-corrected chi connectivity index (χ0v) is 8.57. The molecule has 0 aromatic carbocycles. The smallest absolute Gasteiger partial charge is 0.368 e. The van der Waals surface area contributed by atoms with Crippen LogP contribution in [-0.4, -0.2) is 20.4 Å². The number of rotatable bonds is 6. The van der Waals surface area contributed by atoms with Gasteiger partial charge >= 0.3 is 7.18 Å². The molecule has 2 nitrogen and oxygen atoms in total. The predicted molar refractivity (Wildman–Crippen MR) is 49.8 cm³/mol. The number of hydrogen-bond acceptors (Lipinski definition) is 2. The SMILES string of the molecule is C=CCO[Si](Cl)(Cl)OCC=C. The Bertz CT molecular complexity index is 125. The minimum Gasteiger partial charge on any atom is -0.368 e. The fourth-order valence-electron chi connectivity index (χ4n) is 0.354. The van der Waals surface area contributed by atoms with Crippen LogP contribution < -0.4 is 0 Å². The minimum atomic E-state index is -2.94. The second-order valence-electron chi connectivity index (χ2n) is 1.66. The maximum Gasteiger partial charge on any atom is 0.551 e. The molecule has 0 aromatic rings. The first kappa shape index (κ1) is 11.2. The van der Waals surface area contributed by atoms with Crippen molar-refractivity contribution in [2.45, 2.75) is 0 Å². The molecule has 0 bridgehead atoms. The summed E-state index contributed by atoms with van der Waals surface area (Å²) in [6, 6.07) is 0. The Morgan fingerprint density at radius 2 is 1.45 bits per heavy atom. The van der Waals surface area contributed by atoms with E-state index in [0.717, 1.165) is 0 Å². The van der Waals surface area contributed by atoms with E-state index in [1.54, 1.807) is 12.2 Å². The fourth-order valence-corrected chi connectivity index (χ4v) is 1.82. The third-order valence-corrected chi connectivity index (χ3v) is 3.05. The highest BCUT2D eigenvalue weighted by Gasteiger charge is 2.32. The zero-order valence-electron chi connectivity index (χ0n) is 6.06. The van der Waals surface area contributed by atoms with Crippen LogP contribution in [0.3, 0.4) is 0 Å². The quantitative estimate of drug-likeness (QED) is 0.383. The van der Waals surface area contributed by atoms with Gasteiger partial charge < -0.3 is 8.85 Å². The molecule has 0 atom stereocenters. The summed E-state index contributed by atoms with van der Waals surface area (Å²) in [4.78, 5) is 0. The summed E-state index contributed by atoms with van der Waals surface area (Å²) in [6.45, 7) is 7.50. The van der Waals surface area contributed by atoms with Crippen molar-refractivity contribution in [2.75, 3.05) is 13.2 Å². The van der Waals surface area contributed by atoms with Crippen molar-refractivity contribution in [2.24, 2.45) is 0 Å². The lowest BCUT2D eigenvalue weighted by molar-refractivity contribution is 0.242. The van der Waals surface area contributed by atoms with Crippen molar-refractivity contribution >= 4 is 29.3 Å².